The highest BCUT2D eigenvalue weighted by Gasteiger charge is 2.27. The van der Waals surface area contributed by atoms with Gasteiger partial charge in [-0.1, -0.05) is 36.4 Å². The van der Waals surface area contributed by atoms with Crippen molar-refractivity contribution in [2.75, 3.05) is 13.1 Å². The summed E-state index contributed by atoms with van der Waals surface area (Å²) in [4.78, 5) is 18.5. The Hall–Kier alpha value is -2.56. The molecule has 0 atom stereocenters. The van der Waals surface area contributed by atoms with E-state index in [9.17, 15) is 4.79 Å². The van der Waals surface area contributed by atoms with Crippen molar-refractivity contribution in [2.45, 2.75) is 51.7 Å². The molecule has 0 unspecified atom stereocenters. The number of carbonyl (C=O) groups excluding carboxylic acids is 1. The molecule has 0 bridgehead atoms. The van der Waals surface area contributed by atoms with Crippen LogP contribution in [-0.4, -0.2) is 40.8 Å². The van der Waals surface area contributed by atoms with Crippen LogP contribution in [0.4, 0.5) is 4.79 Å². The van der Waals surface area contributed by atoms with Crippen molar-refractivity contribution in [2.24, 2.45) is 0 Å². The molecule has 0 aliphatic carbocycles. The van der Waals surface area contributed by atoms with Crippen LogP contribution in [0, 0.1) is 0 Å². The van der Waals surface area contributed by atoms with Crippen molar-refractivity contribution in [3.8, 4) is 5.88 Å². The van der Waals surface area contributed by atoms with Crippen LogP contribution in [0.2, 0.25) is 0 Å². The molecule has 27 heavy (non-hydrogen) atoms. The van der Waals surface area contributed by atoms with Crippen molar-refractivity contribution in [3.05, 3.63) is 59.8 Å². The second-order valence-electron chi connectivity index (χ2n) is 7.91. The minimum atomic E-state index is -0.465. The fraction of sp³-hybridized carbons (Fsp3) is 0.455. The van der Waals surface area contributed by atoms with Crippen LogP contribution in [0.5, 0.6) is 5.88 Å². The van der Waals surface area contributed by atoms with Gasteiger partial charge in [0.15, 0.2) is 0 Å². The first-order valence-electron chi connectivity index (χ1n) is 9.53. The van der Waals surface area contributed by atoms with Gasteiger partial charge in [-0.2, -0.15) is 0 Å². The molecule has 1 aromatic carbocycles. The minimum absolute atomic E-state index is 0.0724. The van der Waals surface area contributed by atoms with Crippen LogP contribution in [0.3, 0.4) is 0 Å². The quantitative estimate of drug-likeness (QED) is 0.800. The Bertz CT molecular complexity index is 748. The third-order valence-corrected chi connectivity index (χ3v) is 4.39. The summed E-state index contributed by atoms with van der Waals surface area (Å²) in [7, 11) is 0. The van der Waals surface area contributed by atoms with E-state index in [1.54, 1.807) is 4.90 Å². The molecule has 0 radical (unpaired) electrons. The van der Waals surface area contributed by atoms with Crippen LogP contribution in [0.1, 0.15) is 44.9 Å². The Labute approximate surface area is 161 Å². The zero-order valence-corrected chi connectivity index (χ0v) is 16.4. The lowest BCUT2D eigenvalue weighted by Gasteiger charge is -2.33. The zero-order chi connectivity index (χ0) is 19.3. The molecule has 1 aliphatic heterocycles. The lowest BCUT2D eigenvalue weighted by Crippen LogP contribution is -2.44. The van der Waals surface area contributed by atoms with E-state index in [0.29, 0.717) is 19.0 Å². The number of hydrogen-bond acceptors (Lipinski definition) is 4. The van der Waals surface area contributed by atoms with Gasteiger partial charge in [-0.25, -0.2) is 9.78 Å². The molecule has 1 amide bonds. The molecule has 1 fully saturated rings. The third kappa shape index (κ3) is 5.98. The van der Waals surface area contributed by atoms with E-state index >= 15 is 0 Å². The molecule has 2 aromatic rings. The fourth-order valence-electron chi connectivity index (χ4n) is 3.08. The molecule has 1 aromatic heterocycles. The van der Waals surface area contributed by atoms with E-state index in [2.05, 4.69) is 17.1 Å². The molecular formula is C22H28N2O3. The Morgan fingerprint density at radius 1 is 1.07 bits per heavy atom. The molecule has 0 spiro atoms. The van der Waals surface area contributed by atoms with E-state index in [1.807, 2.05) is 57.2 Å². The molecule has 1 aliphatic rings. The third-order valence-electron chi connectivity index (χ3n) is 4.39. The van der Waals surface area contributed by atoms with E-state index in [4.69, 9.17) is 9.47 Å². The van der Waals surface area contributed by atoms with E-state index in [0.717, 1.165) is 25.0 Å². The highest BCUT2D eigenvalue weighted by Crippen LogP contribution is 2.20. The molecule has 5 nitrogen and oxygen atoms in total. The van der Waals surface area contributed by atoms with E-state index < -0.39 is 5.60 Å². The molecule has 144 valence electrons. The Morgan fingerprint density at radius 3 is 2.44 bits per heavy atom. The summed E-state index contributed by atoms with van der Waals surface area (Å²) in [5.41, 5.74) is 1.76. The summed E-state index contributed by atoms with van der Waals surface area (Å²) in [6.45, 7) is 6.94. The smallest absolute Gasteiger partial charge is 0.410 e. The number of hydrogen-bond donors (Lipinski definition) is 0. The van der Waals surface area contributed by atoms with Gasteiger partial charge in [0.25, 0.3) is 0 Å². The van der Waals surface area contributed by atoms with Crippen LogP contribution in [-0.2, 0) is 11.2 Å². The summed E-state index contributed by atoms with van der Waals surface area (Å²) in [6, 6.07) is 16.2. The van der Waals surface area contributed by atoms with E-state index in [-0.39, 0.29) is 12.2 Å². The van der Waals surface area contributed by atoms with Gasteiger partial charge in [0.1, 0.15) is 11.7 Å². The summed E-state index contributed by atoms with van der Waals surface area (Å²) in [6.07, 6.45) is 2.18. The highest BCUT2D eigenvalue weighted by molar-refractivity contribution is 5.68. The maximum absolute atomic E-state index is 12.1. The lowest BCUT2D eigenvalue weighted by molar-refractivity contribution is 0.0123. The molecule has 2 heterocycles. The van der Waals surface area contributed by atoms with Gasteiger partial charge in [0.05, 0.1) is 0 Å². The largest absolute Gasteiger partial charge is 0.474 e. The fourth-order valence-corrected chi connectivity index (χ4v) is 3.08. The highest BCUT2D eigenvalue weighted by atomic mass is 16.6. The number of rotatable bonds is 4. The number of carbonyl (C=O) groups is 1. The number of pyridine rings is 1. The number of ether oxygens (including phenoxy) is 2. The molecule has 5 heteroatoms. The SMILES string of the molecule is CC(C)(C)OC(=O)N1CCC(Oc2cccc(Cc3ccccc3)n2)CC1. The molecular weight excluding hydrogens is 340 g/mol. The summed E-state index contributed by atoms with van der Waals surface area (Å²) < 4.78 is 11.5. The van der Waals surface area contributed by atoms with Gasteiger partial charge < -0.3 is 14.4 Å². The van der Waals surface area contributed by atoms with Crippen LogP contribution < -0.4 is 4.74 Å². The second kappa shape index (κ2) is 8.42. The first-order chi connectivity index (χ1) is 12.9. The number of piperidine rings is 1. The normalized spacial score (nSPS) is 15.4. The average molecular weight is 368 g/mol. The van der Waals surface area contributed by atoms with Crippen LogP contribution in [0.25, 0.3) is 0 Å². The number of benzene rings is 1. The predicted octanol–water partition coefficient (Wildman–Crippen LogP) is 4.45. The summed E-state index contributed by atoms with van der Waals surface area (Å²) in [5.74, 6) is 0.652. The Kier molecular flexibility index (Phi) is 5.99. The van der Waals surface area contributed by atoms with Gasteiger partial charge in [-0.05, 0) is 32.4 Å². The summed E-state index contributed by atoms with van der Waals surface area (Å²) >= 11 is 0. The number of likely N-dealkylation sites (tertiary alicyclic amines) is 1. The first kappa shape index (κ1) is 19.2. The van der Waals surface area contributed by atoms with Gasteiger partial charge in [0, 0.05) is 44.1 Å². The van der Waals surface area contributed by atoms with Gasteiger partial charge in [-0.3, -0.25) is 0 Å². The van der Waals surface area contributed by atoms with Crippen LogP contribution in [0.15, 0.2) is 48.5 Å². The average Bonchev–Trinajstić information content (AvgIpc) is 2.62. The second-order valence-corrected chi connectivity index (χ2v) is 7.91. The molecule has 0 N–H and O–H groups in total. The predicted molar refractivity (Wildman–Crippen MR) is 105 cm³/mol. The minimum Gasteiger partial charge on any atom is -0.474 e. The number of aromatic nitrogens is 1. The topological polar surface area (TPSA) is 51.7 Å². The van der Waals surface area contributed by atoms with Gasteiger partial charge >= 0.3 is 6.09 Å². The van der Waals surface area contributed by atoms with Crippen molar-refractivity contribution in [1.82, 2.24) is 9.88 Å². The lowest BCUT2D eigenvalue weighted by atomic mass is 10.1. The van der Waals surface area contributed by atoms with Crippen molar-refractivity contribution in [3.63, 3.8) is 0 Å². The van der Waals surface area contributed by atoms with Crippen molar-refractivity contribution >= 4 is 6.09 Å². The molecule has 1 saturated heterocycles. The standard InChI is InChI=1S/C22H28N2O3/c1-22(2,3)27-21(25)24-14-12-19(13-15-24)26-20-11-7-10-18(23-20)16-17-8-5-4-6-9-17/h4-11,19H,12-16H2,1-3H3. The summed E-state index contributed by atoms with van der Waals surface area (Å²) in [5, 5.41) is 0. The Morgan fingerprint density at radius 2 is 1.78 bits per heavy atom. The molecule has 3 rings (SSSR count). The number of nitrogens with zero attached hydrogens (tertiary/aromatic N) is 2. The van der Waals surface area contributed by atoms with Gasteiger partial charge in [0.2, 0.25) is 5.88 Å². The van der Waals surface area contributed by atoms with Crippen molar-refractivity contribution in [1.29, 1.82) is 0 Å². The van der Waals surface area contributed by atoms with E-state index in [1.165, 1.54) is 5.56 Å². The van der Waals surface area contributed by atoms with Gasteiger partial charge in [-0.15, -0.1) is 0 Å². The zero-order valence-electron chi connectivity index (χ0n) is 16.4. The maximum Gasteiger partial charge on any atom is 0.410 e. The Balaban J connectivity index is 1.52. The first-order valence-corrected chi connectivity index (χ1v) is 9.53. The van der Waals surface area contributed by atoms with Crippen LogP contribution >= 0.6 is 0 Å². The molecule has 0 saturated carbocycles. The van der Waals surface area contributed by atoms with Crippen molar-refractivity contribution < 1.29 is 14.3 Å². The monoisotopic (exact) mass is 368 g/mol. The maximum atomic E-state index is 12.1. The number of amides is 1.